The molecule has 13 heteroatoms. The van der Waals surface area contributed by atoms with Gasteiger partial charge in [-0.05, 0) is 32.1 Å². The second kappa shape index (κ2) is 10.3. The third-order valence-corrected chi connectivity index (χ3v) is 9.00. The maximum Gasteiger partial charge on any atom is 0.442 e. The van der Waals surface area contributed by atoms with Gasteiger partial charge < -0.3 is 14.5 Å². The normalized spacial score (nSPS) is 14.2. The molecule has 1 unspecified atom stereocenters. The van der Waals surface area contributed by atoms with Crippen LogP contribution in [0.5, 0.6) is 0 Å². The van der Waals surface area contributed by atoms with Gasteiger partial charge in [-0.25, -0.2) is 4.79 Å². The first-order valence-electron chi connectivity index (χ1n) is 7.51. The zero-order chi connectivity index (χ0) is 20.0. The van der Waals surface area contributed by atoms with Gasteiger partial charge in [0.15, 0.2) is 4.99 Å². The SMILES string of the molecule is CCCN(SN(C)P(O)(=S)N(C)C(=S)C(F)(F)F)C(=O)N(CC)CC. The fourth-order valence-corrected chi connectivity index (χ4v) is 5.15. The van der Waals surface area contributed by atoms with E-state index in [1.165, 1.54) is 11.4 Å². The Bertz CT molecular complexity index is 520. The van der Waals surface area contributed by atoms with Crippen molar-refractivity contribution in [2.75, 3.05) is 33.7 Å². The van der Waals surface area contributed by atoms with Crippen molar-refractivity contribution in [1.82, 2.24) is 18.0 Å². The van der Waals surface area contributed by atoms with Crippen molar-refractivity contribution in [3.63, 3.8) is 0 Å². The molecule has 0 radical (unpaired) electrons. The number of hydrogen-bond acceptors (Lipinski definition) is 4. The number of amides is 2. The minimum absolute atomic E-state index is 0.292. The van der Waals surface area contributed by atoms with Gasteiger partial charge in [0.2, 0.25) is 6.57 Å². The molecule has 0 aromatic heterocycles. The summed E-state index contributed by atoms with van der Waals surface area (Å²) in [5, 5.41) is 0. The molecule has 1 N–H and O–H groups in total. The Labute approximate surface area is 161 Å². The van der Waals surface area contributed by atoms with Gasteiger partial charge in [0, 0.05) is 33.7 Å². The molecule has 0 bridgehead atoms. The molecule has 6 nitrogen and oxygen atoms in total. The van der Waals surface area contributed by atoms with E-state index in [-0.39, 0.29) is 6.03 Å². The Balaban J connectivity index is 5.34. The fraction of sp³-hybridized carbons (Fsp3) is 0.833. The molecule has 0 rings (SSSR count). The van der Waals surface area contributed by atoms with E-state index < -0.39 is 17.7 Å². The molecule has 0 aromatic carbocycles. The van der Waals surface area contributed by atoms with Crippen molar-refractivity contribution in [3.05, 3.63) is 0 Å². The van der Waals surface area contributed by atoms with Crippen molar-refractivity contribution in [2.24, 2.45) is 0 Å². The zero-order valence-electron chi connectivity index (χ0n) is 14.8. The molecular formula is C12H24F3N4O2PS3. The Hall–Kier alpha value is -0.130. The van der Waals surface area contributed by atoms with Crippen molar-refractivity contribution in [3.8, 4) is 0 Å². The Morgan fingerprint density at radius 3 is 2.04 bits per heavy atom. The summed E-state index contributed by atoms with van der Waals surface area (Å²) < 4.78 is 41.3. The molecule has 0 aromatic rings. The molecule has 0 aliphatic rings. The lowest BCUT2D eigenvalue weighted by Gasteiger charge is -2.37. The van der Waals surface area contributed by atoms with E-state index in [9.17, 15) is 22.9 Å². The van der Waals surface area contributed by atoms with Crippen LogP contribution in [0, 0.1) is 0 Å². The molecular weight excluding hydrogens is 416 g/mol. The van der Waals surface area contributed by atoms with Crippen molar-refractivity contribution in [2.45, 2.75) is 33.4 Å². The van der Waals surface area contributed by atoms with Crippen molar-refractivity contribution in [1.29, 1.82) is 0 Å². The predicted molar refractivity (Wildman–Crippen MR) is 104 cm³/mol. The van der Waals surface area contributed by atoms with Gasteiger partial charge in [0.1, 0.15) is 0 Å². The molecule has 0 saturated carbocycles. The monoisotopic (exact) mass is 440 g/mol. The van der Waals surface area contributed by atoms with Crippen LogP contribution in [-0.2, 0) is 11.8 Å². The number of alkyl halides is 3. The summed E-state index contributed by atoms with van der Waals surface area (Å²) in [5.41, 5.74) is 0. The van der Waals surface area contributed by atoms with Crippen LogP contribution in [0.25, 0.3) is 0 Å². The van der Waals surface area contributed by atoms with E-state index in [1.54, 1.807) is 4.90 Å². The first-order valence-corrected chi connectivity index (χ1v) is 11.3. The topological polar surface area (TPSA) is 50.3 Å². The van der Waals surface area contributed by atoms with Gasteiger partial charge in [-0.1, -0.05) is 19.1 Å². The third kappa shape index (κ3) is 6.84. The number of thiocarbonyl (C=S) groups is 1. The highest BCUT2D eigenvalue weighted by Crippen LogP contribution is 2.53. The Kier molecular flexibility index (Phi) is 10.2. The zero-order valence-corrected chi connectivity index (χ0v) is 18.1. The van der Waals surface area contributed by atoms with Crippen LogP contribution in [0.1, 0.15) is 27.2 Å². The quantitative estimate of drug-likeness (QED) is 0.351. The average Bonchev–Trinajstić information content (AvgIpc) is 2.52. The molecule has 148 valence electrons. The molecule has 2 amide bonds. The maximum absolute atomic E-state index is 12.8. The summed E-state index contributed by atoms with van der Waals surface area (Å²) >= 11 is 10.2. The summed E-state index contributed by atoms with van der Waals surface area (Å²) in [4.78, 5) is 23.1. The third-order valence-electron chi connectivity index (χ3n) is 3.18. The summed E-state index contributed by atoms with van der Waals surface area (Å²) in [5.74, 6) is 0. The lowest BCUT2D eigenvalue weighted by atomic mass is 10.5. The van der Waals surface area contributed by atoms with Crippen LogP contribution < -0.4 is 0 Å². The van der Waals surface area contributed by atoms with E-state index >= 15 is 0 Å². The van der Waals surface area contributed by atoms with E-state index in [1.807, 2.05) is 20.8 Å². The van der Waals surface area contributed by atoms with Crippen LogP contribution in [0.15, 0.2) is 0 Å². The summed E-state index contributed by atoms with van der Waals surface area (Å²) in [6, 6.07) is -0.292. The lowest BCUT2D eigenvalue weighted by Crippen LogP contribution is -2.42. The highest BCUT2D eigenvalue weighted by Gasteiger charge is 2.43. The van der Waals surface area contributed by atoms with Crippen LogP contribution >= 0.6 is 30.9 Å². The first-order chi connectivity index (χ1) is 11.3. The molecule has 25 heavy (non-hydrogen) atoms. The predicted octanol–water partition coefficient (Wildman–Crippen LogP) is 3.69. The van der Waals surface area contributed by atoms with E-state index in [4.69, 9.17) is 11.8 Å². The second-order valence-electron chi connectivity index (χ2n) is 4.94. The molecule has 0 heterocycles. The molecule has 0 saturated heterocycles. The fourth-order valence-electron chi connectivity index (χ4n) is 1.71. The average molecular weight is 441 g/mol. The van der Waals surface area contributed by atoms with E-state index in [2.05, 4.69) is 12.2 Å². The van der Waals surface area contributed by atoms with Crippen LogP contribution in [0.3, 0.4) is 0 Å². The molecule has 0 spiro atoms. The van der Waals surface area contributed by atoms with Crippen LogP contribution in [-0.4, -0.2) is 73.8 Å². The smallest absolute Gasteiger partial charge is 0.338 e. The minimum atomic E-state index is -4.78. The lowest BCUT2D eigenvalue weighted by molar-refractivity contribution is -0.0622. The van der Waals surface area contributed by atoms with Crippen LogP contribution in [0.4, 0.5) is 18.0 Å². The maximum atomic E-state index is 12.8. The summed E-state index contributed by atoms with van der Waals surface area (Å²) in [6.45, 7) is 3.05. The van der Waals surface area contributed by atoms with Crippen LogP contribution in [0.2, 0.25) is 0 Å². The van der Waals surface area contributed by atoms with Gasteiger partial charge in [0.25, 0.3) is 0 Å². The highest BCUT2D eigenvalue weighted by atomic mass is 32.5. The standard InChI is InChI=1S/C12H24F3N4O2PS3/c1-6-9-19(11(20)18(7-2)8-3)25-17(5)22(21,24)16(4)10(23)12(13,14)15/h6-9H2,1-5H3,(H,21,24). The van der Waals surface area contributed by atoms with Gasteiger partial charge in [-0.15, -0.1) is 0 Å². The minimum Gasteiger partial charge on any atom is -0.338 e. The number of hydrogen-bond donors (Lipinski definition) is 1. The summed E-state index contributed by atoms with van der Waals surface area (Å²) in [7, 11) is 2.35. The van der Waals surface area contributed by atoms with Gasteiger partial charge in [-0.2, -0.15) is 17.2 Å². The van der Waals surface area contributed by atoms with Crippen molar-refractivity contribution >= 4 is 53.7 Å². The molecule has 0 fully saturated rings. The number of rotatable bonds is 8. The van der Waals surface area contributed by atoms with Gasteiger partial charge in [0.05, 0.1) is 12.1 Å². The molecule has 0 aliphatic heterocycles. The largest absolute Gasteiger partial charge is 0.442 e. The molecule has 1 atom stereocenters. The molecule has 0 aliphatic carbocycles. The van der Waals surface area contributed by atoms with E-state index in [0.29, 0.717) is 30.7 Å². The summed E-state index contributed by atoms with van der Waals surface area (Å²) in [6.07, 6.45) is -4.14. The highest BCUT2D eigenvalue weighted by molar-refractivity contribution is 8.15. The Morgan fingerprint density at radius 1 is 1.20 bits per heavy atom. The number of halogens is 3. The number of urea groups is 1. The number of nitrogens with zero attached hydrogens (tertiary/aromatic N) is 4. The number of carbonyl (C=O) groups excluding carboxylic acids is 1. The second-order valence-corrected chi connectivity index (χ2v) is 10.4. The number of carbonyl (C=O) groups is 1. The Morgan fingerprint density at radius 2 is 1.68 bits per heavy atom. The van der Waals surface area contributed by atoms with Crippen molar-refractivity contribution < 1.29 is 22.9 Å². The van der Waals surface area contributed by atoms with E-state index in [0.717, 1.165) is 23.3 Å². The van der Waals surface area contributed by atoms with Gasteiger partial charge >= 0.3 is 12.2 Å². The first kappa shape index (κ1) is 24.9. The van der Waals surface area contributed by atoms with Gasteiger partial charge in [-0.3, -0.25) is 4.31 Å².